The highest BCUT2D eigenvalue weighted by Crippen LogP contribution is 2.36. The topological polar surface area (TPSA) is 88.6 Å². The Morgan fingerprint density at radius 1 is 1.27 bits per heavy atom. The number of rotatable bonds is 6. The van der Waals surface area contributed by atoms with Crippen molar-refractivity contribution in [1.82, 2.24) is 0 Å². The van der Waals surface area contributed by atoms with E-state index in [0.717, 1.165) is 11.3 Å². The van der Waals surface area contributed by atoms with Crippen molar-refractivity contribution in [3.63, 3.8) is 0 Å². The average Bonchev–Trinajstić information content (AvgIpc) is 3.03. The SMILES string of the molecule is COc1ccc([C@H]2CC(=O)N(c3cccc(N)c3)C2)cc1OCCC#N. The largest absolute Gasteiger partial charge is 0.493 e. The molecule has 0 radical (unpaired) electrons. The van der Waals surface area contributed by atoms with Gasteiger partial charge < -0.3 is 20.1 Å². The predicted octanol–water partition coefficient (Wildman–Crippen LogP) is 3.09. The second-order valence-corrected chi connectivity index (χ2v) is 6.17. The number of methoxy groups -OCH3 is 1. The molecule has 2 aromatic rings. The number of nitrogens with two attached hydrogens (primary N) is 1. The van der Waals surface area contributed by atoms with Crippen LogP contribution in [-0.2, 0) is 4.79 Å². The molecule has 3 rings (SSSR count). The van der Waals surface area contributed by atoms with Crippen LogP contribution in [0.15, 0.2) is 42.5 Å². The van der Waals surface area contributed by atoms with Gasteiger partial charge in [-0.25, -0.2) is 0 Å². The fourth-order valence-electron chi connectivity index (χ4n) is 3.14. The molecule has 0 bridgehead atoms. The molecule has 2 N–H and O–H groups in total. The van der Waals surface area contributed by atoms with Crippen molar-refractivity contribution in [2.75, 3.05) is 30.9 Å². The molecule has 1 fully saturated rings. The summed E-state index contributed by atoms with van der Waals surface area (Å²) in [6.07, 6.45) is 0.733. The predicted molar refractivity (Wildman–Crippen MR) is 99.3 cm³/mol. The van der Waals surface area contributed by atoms with Gasteiger partial charge in [0.05, 0.1) is 19.6 Å². The molecule has 1 saturated heterocycles. The van der Waals surface area contributed by atoms with Gasteiger partial charge in [-0.1, -0.05) is 12.1 Å². The van der Waals surface area contributed by atoms with Crippen molar-refractivity contribution in [3.8, 4) is 17.6 Å². The van der Waals surface area contributed by atoms with Crippen LogP contribution in [0.2, 0.25) is 0 Å². The fraction of sp³-hybridized carbons (Fsp3) is 0.300. The number of carbonyl (C=O) groups is 1. The van der Waals surface area contributed by atoms with E-state index in [2.05, 4.69) is 6.07 Å². The first-order valence-corrected chi connectivity index (χ1v) is 8.46. The van der Waals surface area contributed by atoms with E-state index in [9.17, 15) is 4.79 Å². The lowest BCUT2D eigenvalue weighted by atomic mass is 9.98. The molecule has 1 heterocycles. The number of ether oxygens (including phenoxy) is 2. The van der Waals surface area contributed by atoms with Crippen LogP contribution in [0.1, 0.15) is 24.3 Å². The zero-order chi connectivity index (χ0) is 18.5. The molecule has 1 aliphatic heterocycles. The number of nitrogens with zero attached hydrogens (tertiary/aromatic N) is 2. The number of nitrogen functional groups attached to an aromatic ring is 1. The standard InChI is InChI=1S/C20H21N3O3/c1-25-18-7-6-14(10-19(18)26-9-3-8-21)15-11-20(24)23(13-15)17-5-2-4-16(22)12-17/h2,4-7,10,12,15H,3,9,11,13,22H2,1H3/t15-/m0/s1. The Balaban J connectivity index is 1.80. The lowest BCUT2D eigenvalue weighted by Gasteiger charge is -2.18. The van der Waals surface area contributed by atoms with Crippen LogP contribution in [-0.4, -0.2) is 26.2 Å². The number of amides is 1. The third-order valence-electron chi connectivity index (χ3n) is 4.44. The molecule has 1 atom stereocenters. The Morgan fingerprint density at radius 3 is 2.85 bits per heavy atom. The zero-order valence-corrected chi connectivity index (χ0v) is 14.6. The van der Waals surface area contributed by atoms with E-state index in [1.807, 2.05) is 36.4 Å². The van der Waals surface area contributed by atoms with Gasteiger partial charge in [-0.15, -0.1) is 0 Å². The molecule has 26 heavy (non-hydrogen) atoms. The van der Waals surface area contributed by atoms with E-state index in [1.54, 1.807) is 18.1 Å². The Morgan fingerprint density at radius 2 is 2.12 bits per heavy atom. The van der Waals surface area contributed by atoms with E-state index in [4.69, 9.17) is 20.5 Å². The van der Waals surface area contributed by atoms with Crippen molar-refractivity contribution in [3.05, 3.63) is 48.0 Å². The highest BCUT2D eigenvalue weighted by molar-refractivity contribution is 5.96. The van der Waals surface area contributed by atoms with Gasteiger partial charge in [-0.3, -0.25) is 4.79 Å². The summed E-state index contributed by atoms with van der Waals surface area (Å²) < 4.78 is 11.0. The molecule has 0 unspecified atom stereocenters. The molecule has 6 heteroatoms. The van der Waals surface area contributed by atoms with Gasteiger partial charge in [-0.2, -0.15) is 5.26 Å². The average molecular weight is 351 g/mol. The zero-order valence-electron chi connectivity index (χ0n) is 14.6. The lowest BCUT2D eigenvalue weighted by Crippen LogP contribution is -2.24. The third kappa shape index (κ3) is 3.72. The smallest absolute Gasteiger partial charge is 0.227 e. The Bertz CT molecular complexity index is 844. The highest BCUT2D eigenvalue weighted by Gasteiger charge is 2.32. The van der Waals surface area contributed by atoms with Gasteiger partial charge in [0.25, 0.3) is 0 Å². The van der Waals surface area contributed by atoms with E-state index in [0.29, 0.717) is 43.2 Å². The number of anilines is 2. The molecular formula is C20H21N3O3. The van der Waals surface area contributed by atoms with Crippen molar-refractivity contribution in [2.45, 2.75) is 18.8 Å². The number of nitriles is 1. The minimum atomic E-state index is 0.0631. The minimum Gasteiger partial charge on any atom is -0.493 e. The second-order valence-electron chi connectivity index (χ2n) is 6.17. The van der Waals surface area contributed by atoms with Crippen LogP contribution in [0.5, 0.6) is 11.5 Å². The molecule has 6 nitrogen and oxygen atoms in total. The molecule has 0 aliphatic carbocycles. The second kappa shape index (κ2) is 7.79. The van der Waals surface area contributed by atoms with Crippen molar-refractivity contribution in [1.29, 1.82) is 5.26 Å². The molecule has 0 aromatic heterocycles. The van der Waals surface area contributed by atoms with Gasteiger partial charge >= 0.3 is 0 Å². The highest BCUT2D eigenvalue weighted by atomic mass is 16.5. The van der Waals surface area contributed by atoms with Crippen molar-refractivity contribution < 1.29 is 14.3 Å². The lowest BCUT2D eigenvalue weighted by molar-refractivity contribution is -0.117. The first-order valence-electron chi connectivity index (χ1n) is 8.46. The number of carbonyl (C=O) groups excluding carboxylic acids is 1. The van der Waals surface area contributed by atoms with Crippen LogP contribution in [0.3, 0.4) is 0 Å². The molecule has 134 valence electrons. The summed E-state index contributed by atoms with van der Waals surface area (Å²) in [5.74, 6) is 1.34. The first-order chi connectivity index (χ1) is 12.6. The molecule has 1 aliphatic rings. The fourth-order valence-corrected chi connectivity index (χ4v) is 3.14. The van der Waals surface area contributed by atoms with Gasteiger partial charge in [0.1, 0.15) is 6.61 Å². The van der Waals surface area contributed by atoms with E-state index < -0.39 is 0 Å². The first kappa shape index (κ1) is 17.6. The summed E-state index contributed by atoms with van der Waals surface area (Å²) in [4.78, 5) is 14.2. The summed E-state index contributed by atoms with van der Waals surface area (Å²) in [7, 11) is 1.58. The van der Waals surface area contributed by atoms with Crippen LogP contribution < -0.4 is 20.1 Å². The molecular weight excluding hydrogens is 330 g/mol. The molecule has 1 amide bonds. The molecule has 2 aromatic carbocycles. The maximum Gasteiger partial charge on any atom is 0.227 e. The van der Waals surface area contributed by atoms with Gasteiger partial charge in [0, 0.05) is 30.3 Å². The summed E-state index contributed by atoms with van der Waals surface area (Å²) in [6, 6.07) is 15.1. The third-order valence-corrected chi connectivity index (χ3v) is 4.44. The van der Waals surface area contributed by atoms with E-state index in [1.165, 1.54) is 0 Å². The monoisotopic (exact) mass is 351 g/mol. The molecule has 0 saturated carbocycles. The number of hydrogen-bond acceptors (Lipinski definition) is 5. The normalized spacial score (nSPS) is 16.4. The van der Waals surface area contributed by atoms with Crippen molar-refractivity contribution in [2.24, 2.45) is 0 Å². The van der Waals surface area contributed by atoms with Crippen LogP contribution >= 0.6 is 0 Å². The minimum absolute atomic E-state index is 0.0631. The maximum absolute atomic E-state index is 12.5. The van der Waals surface area contributed by atoms with Gasteiger partial charge in [-0.05, 0) is 35.9 Å². The van der Waals surface area contributed by atoms with Gasteiger partial charge in [0.2, 0.25) is 5.91 Å². The number of benzene rings is 2. The molecule has 0 spiro atoms. The summed E-state index contributed by atoms with van der Waals surface area (Å²) in [5.41, 5.74) is 8.30. The number of hydrogen-bond donors (Lipinski definition) is 1. The quantitative estimate of drug-likeness (QED) is 0.638. The van der Waals surface area contributed by atoms with Gasteiger partial charge in [0.15, 0.2) is 11.5 Å². The van der Waals surface area contributed by atoms with E-state index in [-0.39, 0.29) is 11.8 Å². The Kier molecular flexibility index (Phi) is 5.28. The van der Waals surface area contributed by atoms with Crippen LogP contribution in [0.25, 0.3) is 0 Å². The van der Waals surface area contributed by atoms with E-state index >= 15 is 0 Å². The van der Waals surface area contributed by atoms with Crippen LogP contribution in [0.4, 0.5) is 11.4 Å². The van der Waals surface area contributed by atoms with Crippen LogP contribution in [0, 0.1) is 11.3 Å². The Labute approximate surface area is 152 Å². The van der Waals surface area contributed by atoms with Crippen molar-refractivity contribution >= 4 is 17.3 Å². The summed E-state index contributed by atoms with van der Waals surface area (Å²) in [6.45, 7) is 0.890. The summed E-state index contributed by atoms with van der Waals surface area (Å²) >= 11 is 0. The summed E-state index contributed by atoms with van der Waals surface area (Å²) in [5, 5.41) is 8.67. The Hall–Kier alpha value is -3.20. The maximum atomic E-state index is 12.5.